The van der Waals surface area contributed by atoms with Gasteiger partial charge in [0.15, 0.2) is 11.0 Å². The van der Waals surface area contributed by atoms with E-state index in [9.17, 15) is 4.79 Å². The summed E-state index contributed by atoms with van der Waals surface area (Å²) >= 11 is 6.10. The van der Waals surface area contributed by atoms with Crippen molar-refractivity contribution in [3.8, 4) is 5.75 Å². The number of aromatic nitrogens is 2. The number of anilines is 3. The van der Waals surface area contributed by atoms with Crippen LogP contribution in [0.5, 0.6) is 5.75 Å². The predicted octanol–water partition coefficient (Wildman–Crippen LogP) is 4.19. The minimum atomic E-state index is -0.321. The van der Waals surface area contributed by atoms with E-state index in [1.807, 2.05) is 24.3 Å². The number of nitrogens with zero attached hydrogens (tertiary/aromatic N) is 5. The van der Waals surface area contributed by atoms with Crippen molar-refractivity contribution in [2.75, 3.05) is 41.7 Å². The van der Waals surface area contributed by atoms with Crippen LogP contribution in [0.3, 0.4) is 0 Å². The van der Waals surface area contributed by atoms with Crippen molar-refractivity contribution in [3.63, 3.8) is 0 Å². The first kappa shape index (κ1) is 24.8. The van der Waals surface area contributed by atoms with E-state index in [0.717, 1.165) is 50.2 Å². The third-order valence-electron chi connectivity index (χ3n) is 7.64. The SMILES string of the molecule is Nc1nnc(Cl)cc1N1C[C@H]2CC[C@@H](C1)N2c1cccc(OC2CCN(OC(=O)c3ccccc3)CC2)c1. The number of hydroxylamine groups is 2. The zero-order valence-corrected chi connectivity index (χ0v) is 21.8. The Balaban J connectivity index is 1.06. The molecule has 38 heavy (non-hydrogen) atoms. The van der Waals surface area contributed by atoms with Gasteiger partial charge in [-0.3, -0.25) is 0 Å². The second-order valence-corrected chi connectivity index (χ2v) is 10.5. The molecule has 2 aromatic carbocycles. The first-order chi connectivity index (χ1) is 18.5. The fourth-order valence-electron chi connectivity index (χ4n) is 5.84. The maximum absolute atomic E-state index is 12.3. The maximum Gasteiger partial charge on any atom is 0.357 e. The molecule has 6 rings (SSSR count). The molecule has 0 saturated carbocycles. The molecule has 0 spiro atoms. The van der Waals surface area contributed by atoms with E-state index in [4.69, 9.17) is 26.9 Å². The Bertz CT molecular complexity index is 1270. The normalized spacial score (nSPS) is 21.9. The predicted molar refractivity (Wildman–Crippen MR) is 146 cm³/mol. The van der Waals surface area contributed by atoms with Crippen molar-refractivity contribution >= 4 is 34.8 Å². The first-order valence-corrected chi connectivity index (χ1v) is 13.5. The number of piperazine rings is 1. The summed E-state index contributed by atoms with van der Waals surface area (Å²) in [6.07, 6.45) is 3.91. The molecule has 10 heteroatoms. The summed E-state index contributed by atoms with van der Waals surface area (Å²) in [6, 6.07) is 20.0. The van der Waals surface area contributed by atoms with Crippen LogP contribution in [-0.4, -0.2) is 65.6 Å². The second kappa shape index (κ2) is 10.7. The van der Waals surface area contributed by atoms with Crippen molar-refractivity contribution < 1.29 is 14.4 Å². The number of hydrogen-bond acceptors (Lipinski definition) is 9. The zero-order valence-electron chi connectivity index (χ0n) is 21.1. The lowest BCUT2D eigenvalue weighted by Gasteiger charge is -2.43. The number of hydrogen-bond donors (Lipinski definition) is 1. The molecular formula is C28H31ClN6O3. The number of piperidine rings is 1. The van der Waals surface area contributed by atoms with Crippen LogP contribution in [0.1, 0.15) is 36.0 Å². The minimum Gasteiger partial charge on any atom is -0.490 e. The molecule has 1 aromatic heterocycles. The van der Waals surface area contributed by atoms with Gasteiger partial charge in [0.05, 0.1) is 11.3 Å². The van der Waals surface area contributed by atoms with Gasteiger partial charge in [-0.2, -0.15) is 0 Å². The fourth-order valence-corrected chi connectivity index (χ4v) is 5.98. The molecule has 0 amide bonds. The summed E-state index contributed by atoms with van der Waals surface area (Å²) in [5, 5.41) is 9.94. The number of ether oxygens (including phenoxy) is 1. The Hall–Kier alpha value is -3.56. The molecule has 198 valence electrons. The number of rotatable bonds is 6. The Morgan fingerprint density at radius 2 is 1.66 bits per heavy atom. The van der Waals surface area contributed by atoms with Gasteiger partial charge >= 0.3 is 5.97 Å². The Kier molecular flexibility index (Phi) is 6.95. The largest absolute Gasteiger partial charge is 0.490 e. The topological polar surface area (TPSA) is 97.1 Å². The molecule has 3 aromatic rings. The number of nitrogen functional groups attached to an aromatic ring is 1. The molecule has 0 unspecified atom stereocenters. The van der Waals surface area contributed by atoms with E-state index >= 15 is 0 Å². The van der Waals surface area contributed by atoms with Crippen molar-refractivity contribution in [1.29, 1.82) is 0 Å². The van der Waals surface area contributed by atoms with Crippen molar-refractivity contribution in [2.24, 2.45) is 0 Å². The number of benzene rings is 2. The van der Waals surface area contributed by atoms with Gasteiger partial charge in [-0.15, -0.1) is 15.3 Å². The van der Waals surface area contributed by atoms with Gasteiger partial charge in [-0.05, 0) is 37.1 Å². The molecule has 3 fully saturated rings. The molecule has 3 saturated heterocycles. The summed E-state index contributed by atoms with van der Waals surface area (Å²) in [6.45, 7) is 3.00. The zero-order chi connectivity index (χ0) is 26.1. The highest BCUT2D eigenvalue weighted by molar-refractivity contribution is 6.29. The van der Waals surface area contributed by atoms with E-state index in [1.165, 1.54) is 5.69 Å². The number of fused-ring (bicyclic) bond motifs is 2. The smallest absolute Gasteiger partial charge is 0.357 e. The lowest BCUT2D eigenvalue weighted by atomic mass is 10.1. The van der Waals surface area contributed by atoms with Crippen LogP contribution >= 0.6 is 11.6 Å². The van der Waals surface area contributed by atoms with Crippen LogP contribution in [0, 0.1) is 0 Å². The lowest BCUT2D eigenvalue weighted by molar-refractivity contribution is -0.131. The molecule has 2 atom stereocenters. The summed E-state index contributed by atoms with van der Waals surface area (Å²) < 4.78 is 6.38. The van der Waals surface area contributed by atoms with Gasteiger partial charge in [0.25, 0.3) is 0 Å². The second-order valence-electron chi connectivity index (χ2n) is 10.1. The summed E-state index contributed by atoms with van der Waals surface area (Å²) in [5.41, 5.74) is 8.71. The molecule has 0 aliphatic carbocycles. The molecular weight excluding hydrogens is 504 g/mol. The van der Waals surface area contributed by atoms with Gasteiger partial charge in [-0.25, -0.2) is 4.79 Å². The average molecular weight is 535 g/mol. The number of carbonyl (C=O) groups is 1. The van der Waals surface area contributed by atoms with Gasteiger partial charge in [0.2, 0.25) is 0 Å². The molecule has 2 bridgehead atoms. The van der Waals surface area contributed by atoms with Crippen LogP contribution in [0.2, 0.25) is 5.15 Å². The maximum atomic E-state index is 12.3. The van der Waals surface area contributed by atoms with Gasteiger partial charge < -0.3 is 25.1 Å². The Morgan fingerprint density at radius 1 is 0.921 bits per heavy atom. The number of halogens is 1. The molecule has 4 heterocycles. The standard InChI is InChI=1S/C28H31ClN6O3/c29-26-16-25(27(30)32-31-26)33-17-21-9-10-22(18-33)35(21)20-7-4-8-24(15-20)37-23-11-13-34(14-12-23)38-28(36)19-5-2-1-3-6-19/h1-8,15-16,21-23H,9-14,17-18H2,(H2,30,32)/t21-,22+. The lowest BCUT2D eigenvalue weighted by Crippen LogP contribution is -2.54. The molecule has 3 aliphatic rings. The van der Waals surface area contributed by atoms with Crippen LogP contribution in [-0.2, 0) is 4.84 Å². The summed E-state index contributed by atoms with van der Waals surface area (Å²) in [5.74, 6) is 0.968. The number of carbonyl (C=O) groups excluding carboxylic acids is 1. The van der Waals surface area contributed by atoms with Crippen LogP contribution in [0.4, 0.5) is 17.2 Å². The van der Waals surface area contributed by atoms with Gasteiger partial charge in [0, 0.05) is 68.9 Å². The molecule has 9 nitrogen and oxygen atoms in total. The van der Waals surface area contributed by atoms with Crippen molar-refractivity contribution in [2.45, 2.75) is 43.9 Å². The Labute approximate surface area is 227 Å². The summed E-state index contributed by atoms with van der Waals surface area (Å²) in [7, 11) is 0. The Morgan fingerprint density at radius 3 is 2.39 bits per heavy atom. The third kappa shape index (κ3) is 5.21. The molecule has 0 radical (unpaired) electrons. The van der Waals surface area contributed by atoms with Crippen LogP contribution in [0.25, 0.3) is 0 Å². The van der Waals surface area contributed by atoms with Crippen LogP contribution in [0.15, 0.2) is 60.7 Å². The van der Waals surface area contributed by atoms with E-state index in [1.54, 1.807) is 23.3 Å². The van der Waals surface area contributed by atoms with E-state index in [2.05, 4.69) is 38.2 Å². The average Bonchev–Trinajstić information content (AvgIpc) is 3.21. The fraction of sp³-hybridized carbons (Fsp3) is 0.393. The highest BCUT2D eigenvalue weighted by Crippen LogP contribution is 2.39. The molecule has 2 N–H and O–H groups in total. The van der Waals surface area contributed by atoms with Gasteiger partial charge in [0.1, 0.15) is 11.9 Å². The van der Waals surface area contributed by atoms with E-state index in [0.29, 0.717) is 41.7 Å². The summed E-state index contributed by atoms with van der Waals surface area (Å²) in [4.78, 5) is 22.7. The van der Waals surface area contributed by atoms with Crippen LogP contribution < -0.4 is 20.3 Å². The monoisotopic (exact) mass is 534 g/mol. The first-order valence-electron chi connectivity index (χ1n) is 13.1. The van der Waals surface area contributed by atoms with Gasteiger partial charge in [-0.1, -0.05) is 35.9 Å². The third-order valence-corrected chi connectivity index (χ3v) is 7.82. The highest BCUT2D eigenvalue weighted by atomic mass is 35.5. The quantitative estimate of drug-likeness (QED) is 0.499. The highest BCUT2D eigenvalue weighted by Gasteiger charge is 2.40. The van der Waals surface area contributed by atoms with Crippen molar-refractivity contribution in [3.05, 3.63) is 71.4 Å². The van der Waals surface area contributed by atoms with E-state index < -0.39 is 0 Å². The van der Waals surface area contributed by atoms with E-state index in [-0.39, 0.29) is 12.1 Å². The number of nitrogens with two attached hydrogens (primary N) is 1. The molecule has 3 aliphatic heterocycles. The van der Waals surface area contributed by atoms with Crippen molar-refractivity contribution in [1.82, 2.24) is 15.3 Å². The minimum absolute atomic E-state index is 0.0809.